The van der Waals surface area contributed by atoms with Crippen LogP contribution in [0.1, 0.15) is 43.7 Å². The number of aliphatic hydroxyl groups is 1. The highest BCUT2D eigenvalue weighted by Crippen LogP contribution is 2.31. The molecule has 1 aliphatic carbocycles. The van der Waals surface area contributed by atoms with E-state index >= 15 is 0 Å². The van der Waals surface area contributed by atoms with E-state index in [4.69, 9.17) is 4.74 Å². The number of hydrogen-bond donors (Lipinski definition) is 2. The predicted molar refractivity (Wildman–Crippen MR) is 87.5 cm³/mol. The molecule has 7 heteroatoms. The van der Waals surface area contributed by atoms with Gasteiger partial charge in [0.1, 0.15) is 11.4 Å². The molecule has 1 aromatic rings. The lowest BCUT2D eigenvalue weighted by atomic mass is 9.97. The van der Waals surface area contributed by atoms with Crippen molar-refractivity contribution in [3.8, 4) is 0 Å². The van der Waals surface area contributed by atoms with Crippen molar-refractivity contribution in [2.24, 2.45) is 4.40 Å². The molecule has 1 saturated carbocycles. The Kier molecular flexibility index (Phi) is 4.87. The van der Waals surface area contributed by atoms with Crippen molar-refractivity contribution < 1.29 is 18.3 Å². The van der Waals surface area contributed by atoms with Crippen LogP contribution in [-0.2, 0) is 14.8 Å². The largest absolute Gasteiger partial charge is 0.460 e. The highest BCUT2D eigenvalue weighted by molar-refractivity contribution is 7.91. The topological polar surface area (TPSA) is 88.0 Å². The van der Waals surface area contributed by atoms with Crippen molar-refractivity contribution in [3.05, 3.63) is 35.9 Å². The molecule has 6 nitrogen and oxygen atoms in total. The van der Waals surface area contributed by atoms with Gasteiger partial charge in [-0.1, -0.05) is 36.8 Å². The van der Waals surface area contributed by atoms with Gasteiger partial charge in [-0.2, -0.15) is 0 Å². The fourth-order valence-corrected chi connectivity index (χ4v) is 4.73. The molecular formula is C16H22N2O4S. The van der Waals surface area contributed by atoms with Gasteiger partial charge in [0.15, 0.2) is 0 Å². The second kappa shape index (κ2) is 6.88. The maximum Gasteiger partial charge on any atom is 0.301 e. The first-order valence-electron chi connectivity index (χ1n) is 8.03. The number of nitrogens with one attached hydrogen (secondary N) is 1. The third-order valence-corrected chi connectivity index (χ3v) is 6.14. The summed E-state index contributed by atoms with van der Waals surface area (Å²) >= 11 is 0. The van der Waals surface area contributed by atoms with Gasteiger partial charge in [-0.15, -0.1) is 4.40 Å². The van der Waals surface area contributed by atoms with Gasteiger partial charge in [0.05, 0.1) is 6.04 Å². The number of rotatable bonds is 4. The van der Waals surface area contributed by atoms with Crippen LogP contribution in [-0.4, -0.2) is 37.5 Å². The van der Waals surface area contributed by atoms with E-state index in [1.165, 1.54) is 0 Å². The predicted octanol–water partition coefficient (Wildman–Crippen LogP) is 1.73. The van der Waals surface area contributed by atoms with Gasteiger partial charge in [-0.05, 0) is 31.2 Å². The molecular weight excluding hydrogens is 316 g/mol. The van der Waals surface area contributed by atoms with E-state index in [9.17, 15) is 13.5 Å². The van der Waals surface area contributed by atoms with Gasteiger partial charge in [0.25, 0.3) is 10.0 Å². The molecule has 3 rings (SSSR count). The fourth-order valence-electron chi connectivity index (χ4n) is 3.23. The number of ether oxygens (including phenoxy) is 1. The molecule has 126 valence electrons. The highest BCUT2D eigenvalue weighted by Gasteiger charge is 2.41. The Morgan fingerprint density at radius 3 is 2.74 bits per heavy atom. The van der Waals surface area contributed by atoms with Crippen LogP contribution in [0, 0.1) is 0 Å². The van der Waals surface area contributed by atoms with E-state index in [1.54, 1.807) is 0 Å². The van der Waals surface area contributed by atoms with Crippen molar-refractivity contribution in [3.63, 3.8) is 0 Å². The molecule has 23 heavy (non-hydrogen) atoms. The number of nitrogens with zero attached hydrogens (tertiary/aromatic N) is 1. The molecule has 0 bridgehead atoms. The van der Waals surface area contributed by atoms with Gasteiger partial charge in [0, 0.05) is 6.61 Å². The van der Waals surface area contributed by atoms with E-state index in [1.807, 2.05) is 30.3 Å². The van der Waals surface area contributed by atoms with Gasteiger partial charge >= 0.3 is 6.02 Å². The summed E-state index contributed by atoms with van der Waals surface area (Å²) in [6.07, 6.45) is 3.35. The summed E-state index contributed by atoms with van der Waals surface area (Å²) in [5.74, 6) is 0. The van der Waals surface area contributed by atoms with E-state index in [-0.39, 0.29) is 24.8 Å². The molecule has 0 radical (unpaired) electrons. The quantitative estimate of drug-likeness (QED) is 0.873. The molecule has 2 N–H and O–H groups in total. The van der Waals surface area contributed by atoms with E-state index < -0.39 is 15.3 Å². The van der Waals surface area contributed by atoms with Gasteiger partial charge in [-0.25, -0.2) is 8.42 Å². The molecule has 1 fully saturated rings. The lowest BCUT2D eigenvalue weighted by Gasteiger charge is -2.34. The fraction of sp³-hybridized carbons (Fsp3) is 0.562. The highest BCUT2D eigenvalue weighted by atomic mass is 32.2. The molecule has 0 amide bonds. The first kappa shape index (κ1) is 16.3. The van der Waals surface area contributed by atoms with E-state index in [0.29, 0.717) is 12.8 Å². The molecule has 0 spiro atoms. The Morgan fingerprint density at radius 1 is 1.26 bits per heavy atom. The van der Waals surface area contributed by atoms with Crippen molar-refractivity contribution in [2.45, 2.75) is 49.5 Å². The van der Waals surface area contributed by atoms with Crippen LogP contribution in [0.2, 0.25) is 0 Å². The Balaban J connectivity index is 1.81. The molecule has 2 unspecified atom stereocenters. The van der Waals surface area contributed by atoms with Crippen LogP contribution in [0.5, 0.6) is 0 Å². The zero-order chi connectivity index (χ0) is 16.3. The molecule has 1 aliphatic heterocycles. The number of sulfonamides is 1. The second-order valence-electron chi connectivity index (χ2n) is 6.01. The summed E-state index contributed by atoms with van der Waals surface area (Å²) < 4.78 is 34.3. The number of hydrogen-bond acceptors (Lipinski definition) is 5. The maximum atomic E-state index is 12.3. The zero-order valence-electron chi connectivity index (χ0n) is 12.9. The van der Waals surface area contributed by atoms with Gasteiger partial charge < -0.3 is 15.2 Å². The first-order valence-corrected chi connectivity index (χ1v) is 9.53. The van der Waals surface area contributed by atoms with Crippen molar-refractivity contribution in [1.29, 1.82) is 0 Å². The molecule has 1 heterocycles. The SMILES string of the molecule is O=S1(=O)N=C(N[C@H](CCO)c2ccccc2)OC2CCCCC21. The lowest BCUT2D eigenvalue weighted by Crippen LogP contribution is -2.47. The zero-order valence-corrected chi connectivity index (χ0v) is 13.7. The number of benzene rings is 1. The van der Waals surface area contributed by atoms with Crippen LogP contribution in [0.25, 0.3) is 0 Å². The maximum absolute atomic E-state index is 12.3. The van der Waals surface area contributed by atoms with Crippen molar-refractivity contribution >= 4 is 16.0 Å². The summed E-state index contributed by atoms with van der Waals surface area (Å²) in [5.41, 5.74) is 0.955. The molecule has 3 atom stereocenters. The van der Waals surface area contributed by atoms with Crippen molar-refractivity contribution in [2.75, 3.05) is 6.61 Å². The van der Waals surface area contributed by atoms with Crippen LogP contribution in [0.3, 0.4) is 0 Å². The van der Waals surface area contributed by atoms with Gasteiger partial charge in [-0.3, -0.25) is 0 Å². The van der Waals surface area contributed by atoms with E-state index in [0.717, 1.165) is 24.8 Å². The third-order valence-electron chi connectivity index (χ3n) is 4.42. The Labute approximate surface area is 136 Å². The Bertz CT molecular complexity index is 660. The second-order valence-corrected chi connectivity index (χ2v) is 7.83. The standard InChI is InChI=1S/C16H22N2O4S/c19-11-10-13(12-6-2-1-3-7-12)17-16-18-23(20,21)15-9-5-4-8-14(15)22-16/h1-3,6-7,13-15,19H,4-5,8-11H2,(H,17,18)/t13-,14?,15?/m1/s1. The minimum atomic E-state index is -3.54. The number of aliphatic hydroxyl groups excluding tert-OH is 1. The molecule has 0 saturated heterocycles. The summed E-state index contributed by atoms with van der Waals surface area (Å²) in [7, 11) is -3.54. The normalized spacial score (nSPS) is 27.3. The Hall–Kier alpha value is -1.60. The minimum Gasteiger partial charge on any atom is -0.460 e. The monoisotopic (exact) mass is 338 g/mol. The first-order chi connectivity index (χ1) is 11.1. The summed E-state index contributed by atoms with van der Waals surface area (Å²) in [4.78, 5) is 0. The summed E-state index contributed by atoms with van der Waals surface area (Å²) in [6, 6.07) is 9.37. The lowest BCUT2D eigenvalue weighted by molar-refractivity contribution is 0.130. The summed E-state index contributed by atoms with van der Waals surface area (Å²) in [5, 5.41) is 11.8. The van der Waals surface area contributed by atoms with Crippen LogP contribution < -0.4 is 5.32 Å². The van der Waals surface area contributed by atoms with Crippen LogP contribution in [0.15, 0.2) is 34.7 Å². The third kappa shape index (κ3) is 3.67. The molecule has 1 aromatic carbocycles. The van der Waals surface area contributed by atoms with Crippen LogP contribution in [0.4, 0.5) is 0 Å². The number of amidine groups is 1. The van der Waals surface area contributed by atoms with Crippen LogP contribution >= 0.6 is 0 Å². The molecule has 0 aromatic heterocycles. The van der Waals surface area contributed by atoms with E-state index in [2.05, 4.69) is 9.71 Å². The van der Waals surface area contributed by atoms with Gasteiger partial charge in [0.2, 0.25) is 0 Å². The number of fused-ring (bicyclic) bond motifs is 1. The Morgan fingerprint density at radius 2 is 2.00 bits per heavy atom. The van der Waals surface area contributed by atoms with Crippen molar-refractivity contribution in [1.82, 2.24) is 5.32 Å². The smallest absolute Gasteiger partial charge is 0.301 e. The average molecular weight is 338 g/mol. The molecule has 2 aliphatic rings. The summed E-state index contributed by atoms with van der Waals surface area (Å²) in [6.45, 7) is -0.0152. The minimum absolute atomic E-state index is 0.0152. The average Bonchev–Trinajstić information content (AvgIpc) is 2.55.